The molecule has 0 amide bonds. The average molecular weight is 282 g/mol. The van der Waals surface area contributed by atoms with Crippen molar-refractivity contribution in [3.63, 3.8) is 0 Å². The number of carboxylic acid groups (broad SMARTS) is 1. The second-order valence-electron chi connectivity index (χ2n) is 5.32. The van der Waals surface area contributed by atoms with Crippen molar-refractivity contribution in [2.45, 2.75) is 39.8 Å². The molecule has 0 unspecified atom stereocenters. The Morgan fingerprint density at radius 3 is 2.40 bits per heavy atom. The minimum absolute atomic E-state index is 0.0364. The lowest BCUT2D eigenvalue weighted by Crippen LogP contribution is -2.40. The highest BCUT2D eigenvalue weighted by Crippen LogP contribution is 2.19. The number of para-hydroxylation sites is 1. The van der Waals surface area contributed by atoms with Crippen molar-refractivity contribution in [3.8, 4) is 0 Å². The molecule has 20 heavy (non-hydrogen) atoms. The van der Waals surface area contributed by atoms with E-state index in [2.05, 4.69) is 37.9 Å². The largest absolute Gasteiger partial charge is 0.478 e. The van der Waals surface area contributed by atoms with Crippen LogP contribution >= 0.6 is 0 Å². The Balaban J connectivity index is 2.73. The first kappa shape index (κ1) is 16.4. The molecular formula is C15H23FN2O2. The van der Waals surface area contributed by atoms with Gasteiger partial charge >= 0.3 is 5.97 Å². The van der Waals surface area contributed by atoms with Gasteiger partial charge < -0.3 is 10.4 Å². The van der Waals surface area contributed by atoms with Crippen LogP contribution in [0.5, 0.6) is 0 Å². The average Bonchev–Trinajstić information content (AvgIpc) is 2.34. The number of carbonyl (C=O) groups is 1. The van der Waals surface area contributed by atoms with Crippen molar-refractivity contribution in [2.24, 2.45) is 0 Å². The van der Waals surface area contributed by atoms with Crippen molar-refractivity contribution in [1.29, 1.82) is 0 Å². The SMILES string of the molecule is CC(C)N(CCNc1c(F)cccc1C(=O)O)C(C)C. The number of benzene rings is 1. The first-order valence-corrected chi connectivity index (χ1v) is 6.86. The summed E-state index contributed by atoms with van der Waals surface area (Å²) in [4.78, 5) is 13.3. The fraction of sp³-hybridized carbons (Fsp3) is 0.533. The third-order valence-corrected chi connectivity index (χ3v) is 3.24. The van der Waals surface area contributed by atoms with E-state index in [9.17, 15) is 9.18 Å². The third kappa shape index (κ3) is 4.20. The fourth-order valence-corrected chi connectivity index (χ4v) is 2.30. The number of rotatable bonds is 7. The van der Waals surface area contributed by atoms with Gasteiger partial charge in [0.25, 0.3) is 0 Å². The number of halogens is 1. The van der Waals surface area contributed by atoms with Crippen LogP contribution in [0.25, 0.3) is 0 Å². The van der Waals surface area contributed by atoms with Crippen molar-refractivity contribution < 1.29 is 14.3 Å². The molecule has 0 aliphatic carbocycles. The molecule has 0 bridgehead atoms. The van der Waals surface area contributed by atoms with Gasteiger partial charge in [-0.05, 0) is 39.8 Å². The van der Waals surface area contributed by atoms with Gasteiger partial charge in [-0.3, -0.25) is 4.90 Å². The van der Waals surface area contributed by atoms with Gasteiger partial charge in [-0.15, -0.1) is 0 Å². The molecule has 0 aliphatic heterocycles. The van der Waals surface area contributed by atoms with E-state index in [4.69, 9.17) is 5.11 Å². The van der Waals surface area contributed by atoms with Gasteiger partial charge in [0.15, 0.2) is 0 Å². The molecule has 0 spiro atoms. The van der Waals surface area contributed by atoms with E-state index in [0.29, 0.717) is 18.6 Å². The van der Waals surface area contributed by atoms with Crippen LogP contribution in [0.4, 0.5) is 10.1 Å². The Bertz CT molecular complexity index is 453. The zero-order valence-corrected chi connectivity index (χ0v) is 12.5. The zero-order chi connectivity index (χ0) is 15.3. The van der Waals surface area contributed by atoms with Gasteiger partial charge in [-0.25, -0.2) is 9.18 Å². The molecule has 0 atom stereocenters. The highest BCUT2D eigenvalue weighted by atomic mass is 19.1. The minimum Gasteiger partial charge on any atom is -0.478 e. The van der Waals surface area contributed by atoms with Crippen LogP contribution in [0.1, 0.15) is 38.1 Å². The summed E-state index contributed by atoms with van der Waals surface area (Å²) in [6.45, 7) is 9.63. The topological polar surface area (TPSA) is 52.6 Å². The summed E-state index contributed by atoms with van der Waals surface area (Å²) in [7, 11) is 0. The predicted octanol–water partition coefficient (Wildman–Crippen LogP) is 3.05. The summed E-state index contributed by atoms with van der Waals surface area (Å²) >= 11 is 0. The summed E-state index contributed by atoms with van der Waals surface area (Å²) in [6.07, 6.45) is 0. The first-order chi connectivity index (χ1) is 9.34. The first-order valence-electron chi connectivity index (χ1n) is 6.86. The van der Waals surface area contributed by atoms with Crippen LogP contribution < -0.4 is 5.32 Å². The van der Waals surface area contributed by atoms with E-state index in [-0.39, 0.29) is 11.3 Å². The van der Waals surface area contributed by atoms with Gasteiger partial charge in [0.2, 0.25) is 0 Å². The standard InChI is InChI=1S/C15H23FN2O2/c1-10(2)18(11(3)4)9-8-17-14-12(15(19)20)6-5-7-13(14)16/h5-7,10-11,17H,8-9H2,1-4H3,(H,19,20). The molecule has 4 nitrogen and oxygen atoms in total. The Morgan fingerprint density at radius 2 is 1.90 bits per heavy atom. The van der Waals surface area contributed by atoms with E-state index < -0.39 is 11.8 Å². The van der Waals surface area contributed by atoms with Gasteiger partial charge in [0.1, 0.15) is 5.82 Å². The van der Waals surface area contributed by atoms with Gasteiger partial charge in [0.05, 0.1) is 11.3 Å². The smallest absolute Gasteiger partial charge is 0.337 e. The van der Waals surface area contributed by atoms with E-state index in [1.54, 1.807) is 0 Å². The Labute approximate surface area is 119 Å². The highest BCUT2D eigenvalue weighted by Gasteiger charge is 2.16. The molecule has 0 saturated heterocycles. The molecule has 2 N–H and O–H groups in total. The van der Waals surface area contributed by atoms with Crippen molar-refractivity contribution in [1.82, 2.24) is 4.90 Å². The maximum absolute atomic E-state index is 13.7. The number of hydrogen-bond donors (Lipinski definition) is 2. The van der Waals surface area contributed by atoms with Crippen LogP contribution in [0, 0.1) is 5.82 Å². The summed E-state index contributed by atoms with van der Waals surface area (Å²) in [5, 5.41) is 12.0. The Hall–Kier alpha value is -1.62. The molecule has 0 saturated carbocycles. The predicted molar refractivity (Wildman–Crippen MR) is 78.8 cm³/mol. The second kappa shape index (κ2) is 7.24. The molecule has 0 heterocycles. The maximum Gasteiger partial charge on any atom is 0.337 e. The molecule has 1 aromatic carbocycles. The monoisotopic (exact) mass is 282 g/mol. The Morgan fingerprint density at radius 1 is 1.30 bits per heavy atom. The fourth-order valence-electron chi connectivity index (χ4n) is 2.30. The molecule has 0 fully saturated rings. The third-order valence-electron chi connectivity index (χ3n) is 3.24. The second-order valence-corrected chi connectivity index (χ2v) is 5.32. The summed E-state index contributed by atoms with van der Waals surface area (Å²) in [5.74, 6) is -1.66. The lowest BCUT2D eigenvalue weighted by atomic mass is 10.1. The van der Waals surface area contributed by atoms with Crippen LogP contribution in [0.2, 0.25) is 0 Å². The number of aromatic carboxylic acids is 1. The van der Waals surface area contributed by atoms with E-state index in [0.717, 1.165) is 6.54 Å². The van der Waals surface area contributed by atoms with Crippen LogP contribution in [0.15, 0.2) is 18.2 Å². The molecule has 112 valence electrons. The normalized spacial score (nSPS) is 11.4. The number of carboxylic acids is 1. The van der Waals surface area contributed by atoms with Gasteiger partial charge in [-0.2, -0.15) is 0 Å². The zero-order valence-electron chi connectivity index (χ0n) is 12.5. The van der Waals surface area contributed by atoms with Crippen LogP contribution in [0.3, 0.4) is 0 Å². The number of nitrogens with one attached hydrogen (secondary N) is 1. The summed E-state index contributed by atoms with van der Waals surface area (Å²) in [6, 6.07) is 4.83. The number of anilines is 1. The van der Waals surface area contributed by atoms with Crippen molar-refractivity contribution in [3.05, 3.63) is 29.6 Å². The quantitative estimate of drug-likeness (QED) is 0.807. The molecule has 1 rings (SSSR count). The molecule has 5 heteroatoms. The summed E-state index contributed by atoms with van der Waals surface area (Å²) < 4.78 is 13.7. The molecule has 0 radical (unpaired) electrons. The minimum atomic E-state index is -1.13. The molecular weight excluding hydrogens is 259 g/mol. The van der Waals surface area contributed by atoms with E-state index in [1.165, 1.54) is 18.2 Å². The number of nitrogens with zero attached hydrogens (tertiary/aromatic N) is 1. The lowest BCUT2D eigenvalue weighted by Gasteiger charge is -2.30. The van der Waals surface area contributed by atoms with Crippen molar-refractivity contribution >= 4 is 11.7 Å². The van der Waals surface area contributed by atoms with Gasteiger partial charge in [-0.1, -0.05) is 6.07 Å². The maximum atomic E-state index is 13.7. The molecule has 0 aromatic heterocycles. The van der Waals surface area contributed by atoms with E-state index in [1.807, 2.05) is 0 Å². The van der Waals surface area contributed by atoms with Crippen LogP contribution in [-0.2, 0) is 0 Å². The molecule has 1 aromatic rings. The Kier molecular flexibility index (Phi) is 5.95. The molecule has 0 aliphatic rings. The summed E-state index contributed by atoms with van der Waals surface area (Å²) in [5.41, 5.74) is 0.0260. The number of hydrogen-bond acceptors (Lipinski definition) is 3. The van der Waals surface area contributed by atoms with E-state index >= 15 is 0 Å². The lowest BCUT2D eigenvalue weighted by molar-refractivity contribution is 0.0697. The van der Waals surface area contributed by atoms with Crippen molar-refractivity contribution in [2.75, 3.05) is 18.4 Å². The van der Waals surface area contributed by atoms with Crippen LogP contribution in [-0.4, -0.2) is 41.1 Å². The van der Waals surface area contributed by atoms with Gasteiger partial charge in [0, 0.05) is 25.2 Å². The highest BCUT2D eigenvalue weighted by molar-refractivity contribution is 5.94.